The van der Waals surface area contributed by atoms with E-state index in [2.05, 4.69) is 5.32 Å². The third-order valence-electron chi connectivity index (χ3n) is 6.22. The van der Waals surface area contributed by atoms with Gasteiger partial charge in [0.1, 0.15) is 24.6 Å². The first-order chi connectivity index (χ1) is 14.6. The average molecular weight is 408 g/mol. The van der Waals surface area contributed by atoms with Crippen LogP contribution in [0.5, 0.6) is 11.5 Å². The minimum atomic E-state index is -0.747. The molecule has 5 heterocycles. The smallest absolute Gasteiger partial charge is 0.231 e. The van der Waals surface area contributed by atoms with Crippen molar-refractivity contribution in [2.24, 2.45) is 11.8 Å². The average Bonchev–Trinajstić information content (AvgIpc) is 3.51. The third kappa shape index (κ3) is 2.56. The van der Waals surface area contributed by atoms with E-state index >= 15 is 0 Å². The number of carbonyl (C=O) groups is 2. The summed E-state index contributed by atoms with van der Waals surface area (Å²) >= 11 is 0. The Morgan fingerprint density at radius 3 is 2.90 bits per heavy atom. The maximum atomic E-state index is 13.2. The van der Waals surface area contributed by atoms with Crippen LogP contribution in [0.25, 0.3) is 0 Å². The van der Waals surface area contributed by atoms with Crippen molar-refractivity contribution in [1.29, 1.82) is 0 Å². The number of carbonyl (C=O) groups excluding carboxylic acids is 2. The van der Waals surface area contributed by atoms with Crippen LogP contribution < -0.4 is 14.8 Å². The zero-order valence-electron chi connectivity index (χ0n) is 16.1. The summed E-state index contributed by atoms with van der Waals surface area (Å²) in [6, 6.07) is 8.91. The second-order valence-electron chi connectivity index (χ2n) is 8.02. The van der Waals surface area contributed by atoms with Crippen molar-refractivity contribution in [3.63, 3.8) is 0 Å². The Labute approximate surface area is 172 Å². The highest BCUT2D eigenvalue weighted by atomic mass is 16.6. The number of hydrogen-bond acceptors (Lipinski definition) is 6. The minimum Gasteiger partial charge on any atom is -0.486 e. The van der Waals surface area contributed by atoms with Crippen LogP contribution in [0.4, 0.5) is 5.69 Å². The van der Waals surface area contributed by atoms with Gasteiger partial charge < -0.3 is 28.8 Å². The number of likely N-dealkylation sites (tertiary alicyclic amines) is 1. The molecule has 6 rings (SSSR count). The molecule has 1 aromatic heterocycles. The van der Waals surface area contributed by atoms with Gasteiger partial charge in [0.25, 0.3) is 0 Å². The Bertz CT molecular complexity index is 1050. The van der Waals surface area contributed by atoms with Crippen LogP contribution in [0.1, 0.15) is 5.76 Å². The van der Waals surface area contributed by atoms with Crippen molar-refractivity contribution < 1.29 is 28.2 Å². The molecule has 8 heteroatoms. The number of rotatable bonds is 4. The van der Waals surface area contributed by atoms with E-state index in [1.807, 2.05) is 18.2 Å². The predicted molar refractivity (Wildman–Crippen MR) is 104 cm³/mol. The Kier molecular flexibility index (Phi) is 3.73. The van der Waals surface area contributed by atoms with Crippen LogP contribution >= 0.6 is 0 Å². The quantitative estimate of drug-likeness (QED) is 0.778. The summed E-state index contributed by atoms with van der Waals surface area (Å²) in [7, 11) is 0. The zero-order valence-corrected chi connectivity index (χ0v) is 16.1. The number of nitrogens with zero attached hydrogens (tertiary/aromatic N) is 1. The number of benzene rings is 1. The molecule has 8 nitrogen and oxygen atoms in total. The van der Waals surface area contributed by atoms with Crippen LogP contribution in [0.2, 0.25) is 0 Å². The lowest BCUT2D eigenvalue weighted by Gasteiger charge is -2.24. The molecule has 2 aromatic rings. The lowest BCUT2D eigenvalue weighted by molar-refractivity contribution is -0.136. The molecular formula is C22H20N2O6. The minimum absolute atomic E-state index is 0.0828. The monoisotopic (exact) mass is 408 g/mol. The molecule has 1 aromatic carbocycles. The molecule has 30 heavy (non-hydrogen) atoms. The Morgan fingerprint density at radius 1 is 1.20 bits per heavy atom. The molecule has 1 N–H and O–H groups in total. The van der Waals surface area contributed by atoms with E-state index in [9.17, 15) is 9.59 Å². The topological polar surface area (TPSA) is 90.2 Å². The van der Waals surface area contributed by atoms with Gasteiger partial charge in [-0.05, 0) is 24.3 Å². The summed E-state index contributed by atoms with van der Waals surface area (Å²) in [6.07, 6.45) is 5.02. The van der Waals surface area contributed by atoms with Gasteiger partial charge in [0.05, 0.1) is 37.3 Å². The highest BCUT2D eigenvalue weighted by Crippen LogP contribution is 2.52. The van der Waals surface area contributed by atoms with Crippen molar-refractivity contribution in [3.05, 3.63) is 54.5 Å². The fourth-order valence-corrected chi connectivity index (χ4v) is 4.95. The summed E-state index contributed by atoms with van der Waals surface area (Å²) in [5.41, 5.74) is -0.147. The molecular weight excluding hydrogens is 388 g/mol. The van der Waals surface area contributed by atoms with E-state index in [4.69, 9.17) is 18.6 Å². The lowest BCUT2D eigenvalue weighted by Crippen LogP contribution is -2.41. The summed E-state index contributed by atoms with van der Waals surface area (Å²) in [5, 5.41) is 2.93. The van der Waals surface area contributed by atoms with Crippen molar-refractivity contribution >= 4 is 17.5 Å². The fourth-order valence-electron chi connectivity index (χ4n) is 4.95. The maximum Gasteiger partial charge on any atom is 0.231 e. The summed E-state index contributed by atoms with van der Waals surface area (Å²) < 4.78 is 22.7. The molecule has 4 atom stereocenters. The molecule has 0 unspecified atom stereocenters. The molecule has 4 aliphatic rings. The fraction of sp³-hybridized carbons (Fsp3) is 0.364. The number of furan rings is 1. The van der Waals surface area contributed by atoms with Gasteiger partial charge in [-0.3, -0.25) is 9.59 Å². The first kappa shape index (κ1) is 17.6. The number of fused-ring (bicyclic) bond motifs is 2. The highest BCUT2D eigenvalue weighted by Gasteiger charge is 2.66. The molecule has 2 amide bonds. The predicted octanol–water partition coefficient (Wildman–Crippen LogP) is 1.97. The molecule has 0 saturated carbocycles. The van der Waals surface area contributed by atoms with Gasteiger partial charge in [0, 0.05) is 11.8 Å². The first-order valence-electron chi connectivity index (χ1n) is 10.0. The van der Waals surface area contributed by atoms with E-state index in [1.165, 1.54) is 0 Å². The van der Waals surface area contributed by atoms with E-state index in [-0.39, 0.29) is 11.8 Å². The summed E-state index contributed by atoms with van der Waals surface area (Å²) in [4.78, 5) is 28.1. The van der Waals surface area contributed by atoms with Gasteiger partial charge in [0.15, 0.2) is 11.5 Å². The molecule has 2 fully saturated rings. The van der Waals surface area contributed by atoms with Crippen molar-refractivity contribution in [1.82, 2.24) is 4.90 Å². The number of hydrogen-bond donors (Lipinski definition) is 1. The number of amides is 2. The molecule has 0 aliphatic carbocycles. The molecule has 0 radical (unpaired) electrons. The van der Waals surface area contributed by atoms with Gasteiger partial charge >= 0.3 is 0 Å². The molecule has 2 saturated heterocycles. The van der Waals surface area contributed by atoms with Gasteiger partial charge in [-0.1, -0.05) is 12.2 Å². The normalized spacial score (nSPS) is 30.6. The van der Waals surface area contributed by atoms with Crippen LogP contribution in [0.3, 0.4) is 0 Å². The number of nitrogens with one attached hydrogen (secondary N) is 1. The second-order valence-corrected chi connectivity index (χ2v) is 8.02. The summed E-state index contributed by atoms with van der Waals surface area (Å²) in [5.74, 6) is 0.513. The number of ether oxygens (including phenoxy) is 3. The largest absolute Gasteiger partial charge is 0.486 e. The third-order valence-corrected chi connectivity index (χ3v) is 6.22. The summed E-state index contributed by atoms with van der Waals surface area (Å²) in [6.45, 7) is 1.76. The van der Waals surface area contributed by atoms with Crippen LogP contribution in [0.15, 0.2) is 53.2 Å². The van der Waals surface area contributed by atoms with Gasteiger partial charge in [-0.25, -0.2) is 0 Å². The van der Waals surface area contributed by atoms with Gasteiger partial charge in [0.2, 0.25) is 11.8 Å². The van der Waals surface area contributed by atoms with E-state index < -0.39 is 23.5 Å². The Hall–Kier alpha value is -3.26. The van der Waals surface area contributed by atoms with E-state index in [0.29, 0.717) is 49.2 Å². The molecule has 1 spiro atoms. The van der Waals surface area contributed by atoms with Gasteiger partial charge in [-0.2, -0.15) is 0 Å². The van der Waals surface area contributed by atoms with Crippen molar-refractivity contribution in [2.75, 3.05) is 25.1 Å². The zero-order chi connectivity index (χ0) is 20.3. The Balaban J connectivity index is 1.23. The highest BCUT2D eigenvalue weighted by molar-refractivity contribution is 5.99. The SMILES string of the molecule is O=C(Nc1ccc2c(c1)OCCO2)[C@@H]1[C@H]2C=C[C@]3(CN(Cc4ccco4)C(=O)[C@@H]13)O2. The molecule has 4 aliphatic heterocycles. The van der Waals surface area contributed by atoms with Crippen molar-refractivity contribution in [3.8, 4) is 11.5 Å². The van der Waals surface area contributed by atoms with E-state index in [0.717, 1.165) is 0 Å². The Morgan fingerprint density at radius 2 is 2.07 bits per heavy atom. The molecule has 154 valence electrons. The standard InChI is InChI=1S/C22H20N2O6/c25-20(23-13-3-4-15-17(10-13)29-9-8-28-15)18-16-5-6-22(30-16)12-24(21(26)19(18)22)11-14-2-1-7-27-14/h1-7,10,16,18-19H,8-9,11-12H2,(H,23,25)/t16-,18-,19-,22-/m1/s1. The first-order valence-corrected chi connectivity index (χ1v) is 10.0. The van der Waals surface area contributed by atoms with E-state index in [1.54, 1.807) is 35.4 Å². The van der Waals surface area contributed by atoms with Crippen LogP contribution in [-0.4, -0.2) is 48.2 Å². The van der Waals surface area contributed by atoms with Crippen LogP contribution in [0, 0.1) is 11.8 Å². The lowest BCUT2D eigenvalue weighted by atomic mass is 9.77. The van der Waals surface area contributed by atoms with Gasteiger partial charge in [-0.15, -0.1) is 0 Å². The molecule has 2 bridgehead atoms. The second kappa shape index (κ2) is 6.37. The van der Waals surface area contributed by atoms with Crippen LogP contribution in [-0.2, 0) is 20.9 Å². The maximum absolute atomic E-state index is 13.2. The van der Waals surface area contributed by atoms with Crippen molar-refractivity contribution in [2.45, 2.75) is 18.2 Å². The number of anilines is 1.